The fourth-order valence-corrected chi connectivity index (χ4v) is 1.02. The molecule has 0 heterocycles. The van der Waals surface area contributed by atoms with Gasteiger partial charge in [0.25, 0.3) is 0 Å². The molecule has 0 aromatic rings. The summed E-state index contributed by atoms with van der Waals surface area (Å²) in [6.45, 7) is 42.9. The van der Waals surface area contributed by atoms with E-state index in [1.54, 1.807) is 28.4 Å². The second-order valence-corrected chi connectivity index (χ2v) is 9.12. The van der Waals surface area contributed by atoms with Crippen LogP contribution in [-0.4, -0.2) is 77.0 Å². The van der Waals surface area contributed by atoms with Crippen LogP contribution in [0, 0.1) is 26.3 Å². The third-order valence-electron chi connectivity index (χ3n) is 4.05. The summed E-state index contributed by atoms with van der Waals surface area (Å²) in [5.41, 5.74) is -1.05. The van der Waals surface area contributed by atoms with Crippen LogP contribution in [0.1, 0.15) is 55.4 Å². The van der Waals surface area contributed by atoms with Crippen LogP contribution in [0.5, 0.6) is 0 Å². The minimum absolute atomic E-state index is 0. The Hall–Kier alpha value is -1.68. The summed E-state index contributed by atoms with van der Waals surface area (Å²) in [5.74, 6) is 0. The number of hydrogen-bond donors (Lipinski definition) is 0. The molecule has 0 rings (SSSR count). The Morgan fingerprint density at radius 2 is 0.545 bits per heavy atom. The molecule has 0 aliphatic carbocycles. The van der Waals surface area contributed by atoms with Crippen molar-refractivity contribution < 1.29 is 36.0 Å². The van der Waals surface area contributed by atoms with Gasteiger partial charge in [0.2, 0.25) is 26.2 Å². The molecule has 0 aromatic heterocycles. The maximum absolute atomic E-state index is 6.51. The minimum atomic E-state index is -0.262. The first kappa shape index (κ1) is 41.6. The first-order valence-electron chi connectivity index (χ1n) is 10.0. The zero-order valence-electron chi connectivity index (χ0n) is 22.6. The average molecular weight is 516 g/mol. The molecule has 9 heteroatoms. The maximum Gasteiger partial charge on any atom is 0.242 e. The summed E-state index contributed by atoms with van der Waals surface area (Å²) >= 11 is 0. The van der Waals surface area contributed by atoms with Crippen LogP contribution in [0.2, 0.25) is 0 Å². The van der Waals surface area contributed by atoms with Gasteiger partial charge in [-0.25, -0.2) is 26.3 Å². The molecule has 0 spiro atoms. The van der Waals surface area contributed by atoms with Gasteiger partial charge in [-0.3, -0.25) is 0 Å². The Morgan fingerprint density at radius 1 is 0.424 bits per heavy atom. The molecule has 0 atom stereocenters. The summed E-state index contributed by atoms with van der Waals surface area (Å²) in [6, 6.07) is 0. The van der Waals surface area contributed by atoms with E-state index in [0.29, 0.717) is 26.2 Å². The van der Waals surface area contributed by atoms with Crippen LogP contribution in [0.15, 0.2) is 0 Å². The van der Waals surface area contributed by atoms with E-state index in [2.05, 4.69) is 19.4 Å². The Labute approximate surface area is 214 Å². The van der Waals surface area contributed by atoms with Crippen molar-refractivity contribution in [2.45, 2.75) is 77.8 Å². The first-order valence-corrected chi connectivity index (χ1v) is 10.0. The van der Waals surface area contributed by atoms with Crippen molar-refractivity contribution in [3.8, 4) is 0 Å². The van der Waals surface area contributed by atoms with Gasteiger partial charge < -0.3 is 38.3 Å². The van der Waals surface area contributed by atoms with Crippen molar-refractivity contribution in [3.05, 3.63) is 45.7 Å². The molecule has 0 aliphatic rings. The first-order chi connectivity index (χ1) is 14.5. The molecule has 0 N–H and O–H groups in total. The van der Waals surface area contributed by atoms with Gasteiger partial charge in [-0.15, -0.1) is 0 Å². The predicted molar refractivity (Wildman–Crippen MR) is 130 cm³/mol. The van der Waals surface area contributed by atoms with Gasteiger partial charge in [0.15, 0.2) is 0 Å². The van der Waals surface area contributed by atoms with Crippen molar-refractivity contribution in [3.63, 3.8) is 0 Å². The molecule has 0 unspecified atom stereocenters. The van der Waals surface area contributed by atoms with E-state index in [9.17, 15) is 0 Å². The Bertz CT molecular complexity index is 525. The van der Waals surface area contributed by atoms with E-state index in [4.69, 9.17) is 45.2 Å². The molecule has 0 fully saturated rings. The SMILES string of the molecule is [C-]#[N+]CC(C)(C)OC.[C-]#[N+]CC(C)(C)OC.[C-]#[N+]CC(C)(C)OC.[C-]#[N+]CC(C)(C)OC.[Cu]. The summed E-state index contributed by atoms with van der Waals surface area (Å²) in [5, 5.41) is 0. The molecular weight excluding hydrogens is 472 g/mol. The van der Waals surface area contributed by atoms with Crippen LogP contribution in [0.3, 0.4) is 0 Å². The average Bonchev–Trinajstić information content (AvgIpc) is 2.69. The van der Waals surface area contributed by atoms with Crippen LogP contribution in [-0.2, 0) is 36.0 Å². The van der Waals surface area contributed by atoms with Gasteiger partial charge in [0, 0.05) is 45.5 Å². The second kappa shape index (κ2) is 22.1. The van der Waals surface area contributed by atoms with E-state index in [-0.39, 0.29) is 39.5 Å². The van der Waals surface area contributed by atoms with Crippen molar-refractivity contribution in [2.75, 3.05) is 54.6 Å². The number of nitrogens with zero attached hydrogens (tertiary/aromatic N) is 4. The summed E-state index contributed by atoms with van der Waals surface area (Å²) < 4.78 is 19.9. The van der Waals surface area contributed by atoms with Crippen LogP contribution < -0.4 is 0 Å². The molecule has 0 bridgehead atoms. The Morgan fingerprint density at radius 3 is 0.576 bits per heavy atom. The third-order valence-corrected chi connectivity index (χ3v) is 4.05. The van der Waals surface area contributed by atoms with Crippen molar-refractivity contribution >= 4 is 0 Å². The molecular formula is C24H44CuN4O4. The zero-order valence-corrected chi connectivity index (χ0v) is 23.5. The van der Waals surface area contributed by atoms with Crippen LogP contribution in [0.4, 0.5) is 0 Å². The quantitative estimate of drug-likeness (QED) is 0.324. The minimum Gasteiger partial charge on any atom is -0.371 e. The van der Waals surface area contributed by atoms with Crippen molar-refractivity contribution in [1.82, 2.24) is 0 Å². The topological polar surface area (TPSA) is 54.4 Å². The monoisotopic (exact) mass is 515 g/mol. The fraction of sp³-hybridized carbons (Fsp3) is 0.833. The summed E-state index contributed by atoms with van der Waals surface area (Å²) in [6.07, 6.45) is 0. The van der Waals surface area contributed by atoms with E-state index in [1.165, 1.54) is 0 Å². The smallest absolute Gasteiger partial charge is 0.242 e. The van der Waals surface area contributed by atoms with Gasteiger partial charge in [-0.2, -0.15) is 0 Å². The molecule has 0 aliphatic heterocycles. The van der Waals surface area contributed by atoms with E-state index in [0.717, 1.165) is 0 Å². The van der Waals surface area contributed by atoms with Gasteiger partial charge in [-0.1, -0.05) is 0 Å². The van der Waals surface area contributed by atoms with E-state index >= 15 is 0 Å². The molecule has 33 heavy (non-hydrogen) atoms. The number of rotatable bonds is 8. The molecule has 8 nitrogen and oxygen atoms in total. The van der Waals surface area contributed by atoms with Crippen molar-refractivity contribution in [2.24, 2.45) is 0 Å². The standard InChI is InChI=1S/4C6H11NO.Cu/c4*1-6(2,8-4)5-7-3;/h4*5H2,1-2,4H3;. The van der Waals surface area contributed by atoms with Gasteiger partial charge in [-0.05, 0) is 55.4 Å². The number of hydrogen-bond acceptors (Lipinski definition) is 4. The van der Waals surface area contributed by atoms with Gasteiger partial charge >= 0.3 is 0 Å². The molecule has 0 amide bonds. The van der Waals surface area contributed by atoms with Gasteiger partial charge in [0.1, 0.15) is 22.4 Å². The summed E-state index contributed by atoms with van der Waals surface area (Å²) in [4.78, 5) is 12.8. The van der Waals surface area contributed by atoms with E-state index in [1.807, 2.05) is 55.4 Å². The number of methoxy groups -OCH3 is 4. The molecule has 1 radical (unpaired) electrons. The molecule has 0 saturated carbocycles. The zero-order chi connectivity index (χ0) is 26.5. The fourth-order valence-electron chi connectivity index (χ4n) is 1.02. The Balaban J connectivity index is -0.000000105. The summed E-state index contributed by atoms with van der Waals surface area (Å²) in [7, 11) is 6.46. The molecule has 0 aromatic carbocycles. The Kier molecular flexibility index (Phi) is 27.9. The van der Waals surface area contributed by atoms with Crippen LogP contribution >= 0.6 is 0 Å². The largest absolute Gasteiger partial charge is 0.371 e. The predicted octanol–water partition coefficient (Wildman–Crippen LogP) is 5.32. The normalized spacial score (nSPS) is 10.4. The van der Waals surface area contributed by atoms with Crippen molar-refractivity contribution in [1.29, 1.82) is 0 Å². The third kappa shape index (κ3) is 35.1. The maximum atomic E-state index is 6.51. The second-order valence-electron chi connectivity index (χ2n) is 9.12. The van der Waals surface area contributed by atoms with Gasteiger partial charge in [0.05, 0.1) is 0 Å². The molecule has 195 valence electrons. The molecule has 0 saturated heterocycles. The number of ether oxygens (including phenoxy) is 4. The van der Waals surface area contributed by atoms with E-state index < -0.39 is 0 Å². The van der Waals surface area contributed by atoms with Crippen LogP contribution in [0.25, 0.3) is 19.4 Å².